The molecule has 0 aliphatic carbocycles. The molecule has 0 saturated carbocycles. The van der Waals surface area contributed by atoms with E-state index in [0.29, 0.717) is 29.5 Å². The zero-order valence-electron chi connectivity index (χ0n) is 15.2. The van der Waals surface area contributed by atoms with E-state index in [1.165, 1.54) is 25.3 Å². The SMILES string of the molecule is COc1cc(C(=O)N2CCC(C3CC(C(C)C)NN3)CC2)ccc1F. The minimum Gasteiger partial charge on any atom is -0.494 e. The van der Waals surface area contributed by atoms with Crippen molar-refractivity contribution in [3.05, 3.63) is 29.6 Å². The second-order valence-corrected chi connectivity index (χ2v) is 7.46. The summed E-state index contributed by atoms with van der Waals surface area (Å²) in [5.74, 6) is 0.823. The molecule has 2 saturated heterocycles. The van der Waals surface area contributed by atoms with Crippen molar-refractivity contribution in [2.24, 2.45) is 11.8 Å². The summed E-state index contributed by atoms with van der Waals surface area (Å²) in [6, 6.07) is 5.31. The number of nitrogens with one attached hydrogen (secondary N) is 2. The second-order valence-electron chi connectivity index (χ2n) is 7.46. The molecule has 0 aromatic heterocycles. The molecule has 1 aromatic rings. The summed E-state index contributed by atoms with van der Waals surface area (Å²) in [6.07, 6.45) is 3.13. The topological polar surface area (TPSA) is 53.6 Å². The first-order valence-electron chi connectivity index (χ1n) is 9.13. The number of likely N-dealkylation sites (tertiary alicyclic amines) is 1. The molecule has 2 unspecified atom stereocenters. The van der Waals surface area contributed by atoms with E-state index in [4.69, 9.17) is 4.74 Å². The normalized spacial score (nSPS) is 24.8. The van der Waals surface area contributed by atoms with Gasteiger partial charge >= 0.3 is 0 Å². The maximum atomic E-state index is 13.5. The van der Waals surface area contributed by atoms with Crippen LogP contribution in [0.2, 0.25) is 0 Å². The van der Waals surface area contributed by atoms with Gasteiger partial charge in [0, 0.05) is 30.7 Å². The van der Waals surface area contributed by atoms with Crippen LogP contribution in [0.15, 0.2) is 18.2 Å². The Labute approximate surface area is 148 Å². The van der Waals surface area contributed by atoms with E-state index in [0.717, 1.165) is 32.4 Å². The Kier molecular flexibility index (Phi) is 5.59. The standard InChI is InChI=1S/C19H28FN3O2/c1-12(2)16-11-17(22-21-16)13-6-8-23(9-7-13)19(24)14-4-5-15(20)18(10-14)25-3/h4-5,10,12-13,16-17,21-22H,6-9,11H2,1-3H3. The van der Waals surface area contributed by atoms with Crippen LogP contribution in [0.5, 0.6) is 5.75 Å². The van der Waals surface area contributed by atoms with E-state index in [1.54, 1.807) is 0 Å². The summed E-state index contributed by atoms with van der Waals surface area (Å²) in [4.78, 5) is 14.5. The van der Waals surface area contributed by atoms with Crippen molar-refractivity contribution in [1.29, 1.82) is 0 Å². The third-order valence-corrected chi connectivity index (χ3v) is 5.56. The molecule has 138 valence electrons. The number of nitrogens with zero attached hydrogens (tertiary/aromatic N) is 1. The first-order valence-corrected chi connectivity index (χ1v) is 9.13. The molecule has 0 spiro atoms. The van der Waals surface area contributed by atoms with Gasteiger partial charge in [-0.25, -0.2) is 4.39 Å². The van der Waals surface area contributed by atoms with E-state index in [-0.39, 0.29) is 11.7 Å². The van der Waals surface area contributed by atoms with Gasteiger partial charge in [-0.1, -0.05) is 13.8 Å². The Bertz CT molecular complexity index is 615. The number of benzene rings is 1. The van der Waals surface area contributed by atoms with Crippen molar-refractivity contribution in [3.63, 3.8) is 0 Å². The Hall–Kier alpha value is -1.66. The van der Waals surface area contributed by atoms with Gasteiger partial charge in [-0.15, -0.1) is 0 Å². The zero-order valence-corrected chi connectivity index (χ0v) is 15.2. The predicted molar refractivity (Wildman–Crippen MR) is 94.9 cm³/mol. The van der Waals surface area contributed by atoms with Crippen LogP contribution >= 0.6 is 0 Å². The molecule has 2 aliphatic rings. The predicted octanol–water partition coefficient (Wildman–Crippen LogP) is 2.58. The number of ether oxygens (including phenoxy) is 1. The van der Waals surface area contributed by atoms with Crippen LogP contribution in [-0.4, -0.2) is 43.1 Å². The van der Waals surface area contributed by atoms with E-state index < -0.39 is 5.82 Å². The molecule has 0 radical (unpaired) electrons. The van der Waals surface area contributed by atoms with Crippen LogP contribution < -0.4 is 15.6 Å². The molecule has 0 bridgehead atoms. The maximum Gasteiger partial charge on any atom is 0.253 e. The van der Waals surface area contributed by atoms with Gasteiger partial charge in [-0.2, -0.15) is 0 Å². The Morgan fingerprint density at radius 2 is 2.00 bits per heavy atom. The molecule has 1 aromatic carbocycles. The number of methoxy groups -OCH3 is 1. The number of carbonyl (C=O) groups excluding carboxylic acids is 1. The molecule has 25 heavy (non-hydrogen) atoms. The Morgan fingerprint density at radius 1 is 1.28 bits per heavy atom. The van der Waals surface area contributed by atoms with E-state index in [1.807, 2.05) is 4.90 Å². The minimum atomic E-state index is -0.447. The number of amides is 1. The number of hydrogen-bond acceptors (Lipinski definition) is 4. The Morgan fingerprint density at radius 3 is 2.60 bits per heavy atom. The van der Waals surface area contributed by atoms with Gasteiger partial charge in [0.2, 0.25) is 0 Å². The summed E-state index contributed by atoms with van der Waals surface area (Å²) in [6.45, 7) is 5.96. The highest BCUT2D eigenvalue weighted by Crippen LogP contribution is 2.28. The molecule has 1 amide bonds. The van der Waals surface area contributed by atoms with Crippen molar-refractivity contribution >= 4 is 5.91 Å². The fourth-order valence-corrected chi connectivity index (χ4v) is 3.83. The second kappa shape index (κ2) is 7.70. The molecule has 3 rings (SSSR count). The van der Waals surface area contributed by atoms with Gasteiger partial charge in [0.15, 0.2) is 11.6 Å². The van der Waals surface area contributed by atoms with Crippen molar-refractivity contribution in [3.8, 4) is 5.75 Å². The van der Waals surface area contributed by atoms with Crippen LogP contribution in [0.4, 0.5) is 4.39 Å². The number of carbonyl (C=O) groups is 1. The lowest BCUT2D eigenvalue weighted by Crippen LogP contribution is -2.44. The number of piperidine rings is 1. The number of hydrogen-bond donors (Lipinski definition) is 2. The lowest BCUT2D eigenvalue weighted by atomic mass is 9.85. The van der Waals surface area contributed by atoms with Crippen molar-refractivity contribution in [2.45, 2.75) is 45.2 Å². The lowest BCUT2D eigenvalue weighted by molar-refractivity contribution is 0.0672. The van der Waals surface area contributed by atoms with E-state index in [9.17, 15) is 9.18 Å². The average Bonchev–Trinajstić information content (AvgIpc) is 3.12. The largest absolute Gasteiger partial charge is 0.494 e. The van der Waals surface area contributed by atoms with Crippen LogP contribution in [0.25, 0.3) is 0 Å². The number of rotatable bonds is 4. The van der Waals surface area contributed by atoms with Gasteiger partial charge in [-0.05, 0) is 49.3 Å². The molecule has 2 atom stereocenters. The summed E-state index contributed by atoms with van der Waals surface area (Å²) in [5, 5.41) is 0. The number of hydrazine groups is 1. The molecule has 5 nitrogen and oxygen atoms in total. The number of halogens is 1. The first-order chi connectivity index (χ1) is 12.0. The van der Waals surface area contributed by atoms with Crippen LogP contribution in [0.1, 0.15) is 43.5 Å². The van der Waals surface area contributed by atoms with Crippen LogP contribution in [-0.2, 0) is 0 Å². The van der Waals surface area contributed by atoms with Gasteiger partial charge in [-0.3, -0.25) is 15.6 Å². The average molecular weight is 349 g/mol. The summed E-state index contributed by atoms with van der Waals surface area (Å²) < 4.78 is 18.5. The quantitative estimate of drug-likeness (QED) is 0.877. The molecule has 2 heterocycles. The van der Waals surface area contributed by atoms with Gasteiger partial charge < -0.3 is 9.64 Å². The third kappa shape index (κ3) is 3.96. The van der Waals surface area contributed by atoms with Crippen LogP contribution in [0.3, 0.4) is 0 Å². The van der Waals surface area contributed by atoms with E-state index >= 15 is 0 Å². The van der Waals surface area contributed by atoms with Crippen molar-refractivity contribution < 1.29 is 13.9 Å². The van der Waals surface area contributed by atoms with Crippen LogP contribution in [0, 0.1) is 17.7 Å². The summed E-state index contributed by atoms with van der Waals surface area (Å²) in [5.41, 5.74) is 7.33. The highest BCUT2D eigenvalue weighted by atomic mass is 19.1. The first kappa shape index (κ1) is 18.1. The molecular formula is C19H28FN3O2. The maximum absolute atomic E-state index is 13.5. The monoisotopic (exact) mass is 349 g/mol. The summed E-state index contributed by atoms with van der Waals surface area (Å²) >= 11 is 0. The minimum absolute atomic E-state index is 0.0469. The fourth-order valence-electron chi connectivity index (χ4n) is 3.83. The zero-order chi connectivity index (χ0) is 18.0. The summed E-state index contributed by atoms with van der Waals surface area (Å²) in [7, 11) is 1.41. The molecular weight excluding hydrogens is 321 g/mol. The molecule has 2 fully saturated rings. The van der Waals surface area contributed by atoms with Gasteiger partial charge in [0.1, 0.15) is 0 Å². The Balaban J connectivity index is 1.56. The van der Waals surface area contributed by atoms with Crippen molar-refractivity contribution in [1.82, 2.24) is 15.8 Å². The molecule has 2 aliphatic heterocycles. The third-order valence-electron chi connectivity index (χ3n) is 5.56. The van der Waals surface area contributed by atoms with E-state index in [2.05, 4.69) is 24.7 Å². The molecule has 2 N–H and O–H groups in total. The van der Waals surface area contributed by atoms with Gasteiger partial charge in [0.25, 0.3) is 5.91 Å². The highest BCUT2D eigenvalue weighted by molar-refractivity contribution is 5.94. The van der Waals surface area contributed by atoms with Gasteiger partial charge in [0.05, 0.1) is 7.11 Å². The lowest BCUT2D eigenvalue weighted by Gasteiger charge is -2.34. The molecule has 6 heteroatoms. The fraction of sp³-hybridized carbons (Fsp3) is 0.632. The van der Waals surface area contributed by atoms with Crippen molar-refractivity contribution in [2.75, 3.05) is 20.2 Å². The smallest absolute Gasteiger partial charge is 0.253 e. The highest BCUT2D eigenvalue weighted by Gasteiger charge is 2.34.